The van der Waals surface area contributed by atoms with Crippen molar-refractivity contribution in [3.8, 4) is 23.6 Å². The number of aromatic nitrogens is 2. The lowest BCUT2D eigenvalue weighted by molar-refractivity contribution is 1.03. The number of halogens is 1. The molecule has 2 nitrogen and oxygen atoms in total. The van der Waals surface area contributed by atoms with Gasteiger partial charge in [-0.25, -0.2) is 9.97 Å². The zero-order valence-corrected chi connectivity index (χ0v) is 13.1. The van der Waals surface area contributed by atoms with Crippen LogP contribution in [0.25, 0.3) is 22.3 Å². The minimum absolute atomic E-state index is 0.715. The average molecular weight is 307 g/mol. The molecule has 0 atom stereocenters. The fourth-order valence-corrected chi connectivity index (χ4v) is 2.57. The molecule has 0 N–H and O–H groups in total. The molecule has 3 heteroatoms. The third-order valence-electron chi connectivity index (χ3n) is 3.58. The molecule has 0 fully saturated rings. The molecule has 0 amide bonds. The average Bonchev–Trinajstić information content (AvgIpc) is 2.53. The molecule has 0 aliphatic carbocycles. The predicted molar refractivity (Wildman–Crippen MR) is 91.9 cm³/mol. The number of fused-ring (bicyclic) bond motifs is 1. The third-order valence-corrected chi connectivity index (χ3v) is 3.83. The first-order valence-electron chi connectivity index (χ1n) is 7.14. The highest BCUT2D eigenvalue weighted by Crippen LogP contribution is 2.25. The van der Waals surface area contributed by atoms with Crippen molar-refractivity contribution in [1.82, 2.24) is 9.97 Å². The third kappa shape index (κ3) is 2.95. The van der Waals surface area contributed by atoms with Crippen LogP contribution in [-0.2, 0) is 6.42 Å². The molecule has 3 aromatic rings. The Kier molecular flexibility index (Phi) is 4.09. The van der Waals surface area contributed by atoms with E-state index in [1.54, 1.807) is 0 Å². The summed E-state index contributed by atoms with van der Waals surface area (Å²) >= 11 is 5.95. The van der Waals surface area contributed by atoms with Crippen LogP contribution in [0.5, 0.6) is 0 Å². The lowest BCUT2D eigenvalue weighted by atomic mass is 10.1. The molecule has 0 saturated carbocycles. The van der Waals surface area contributed by atoms with E-state index in [0.717, 1.165) is 40.8 Å². The van der Waals surface area contributed by atoms with Gasteiger partial charge in [0.25, 0.3) is 0 Å². The number of benzene rings is 2. The molecule has 108 valence electrons. The van der Waals surface area contributed by atoms with Crippen LogP contribution >= 0.6 is 11.6 Å². The van der Waals surface area contributed by atoms with Gasteiger partial charge in [-0.15, -0.1) is 12.3 Å². The molecular weight excluding hydrogens is 292 g/mol. The van der Waals surface area contributed by atoms with E-state index in [4.69, 9.17) is 23.0 Å². The summed E-state index contributed by atoms with van der Waals surface area (Å²) in [5.74, 6) is 2.67. The maximum absolute atomic E-state index is 5.95. The number of terminal acetylenes is 1. The lowest BCUT2D eigenvalue weighted by Crippen LogP contribution is -1.95. The first kappa shape index (κ1) is 14.6. The molecule has 0 aliphatic rings. The van der Waals surface area contributed by atoms with E-state index in [0.29, 0.717) is 5.02 Å². The van der Waals surface area contributed by atoms with Gasteiger partial charge < -0.3 is 0 Å². The van der Waals surface area contributed by atoms with Crippen LogP contribution < -0.4 is 0 Å². The molecule has 0 bridgehead atoms. The van der Waals surface area contributed by atoms with Crippen molar-refractivity contribution in [3.63, 3.8) is 0 Å². The number of aryl methyl sites for hydroxylation is 2. The van der Waals surface area contributed by atoms with Gasteiger partial charge in [0.15, 0.2) is 0 Å². The topological polar surface area (TPSA) is 25.8 Å². The summed E-state index contributed by atoms with van der Waals surface area (Å²) in [6.07, 6.45) is 6.92. The Labute approximate surface area is 135 Å². The molecule has 0 unspecified atom stereocenters. The summed E-state index contributed by atoms with van der Waals surface area (Å²) in [4.78, 5) is 9.45. The zero-order chi connectivity index (χ0) is 15.5. The van der Waals surface area contributed by atoms with Gasteiger partial charge >= 0.3 is 0 Å². The number of rotatable bonds is 3. The lowest BCUT2D eigenvalue weighted by Gasteiger charge is -2.08. The zero-order valence-electron chi connectivity index (χ0n) is 12.3. The van der Waals surface area contributed by atoms with Crippen molar-refractivity contribution < 1.29 is 0 Å². The molecule has 3 rings (SSSR count). The Morgan fingerprint density at radius 3 is 2.55 bits per heavy atom. The summed E-state index contributed by atoms with van der Waals surface area (Å²) in [5.41, 5.74) is 5.80. The highest BCUT2D eigenvalue weighted by atomic mass is 35.5. The second-order valence-electron chi connectivity index (χ2n) is 5.19. The molecule has 2 aromatic carbocycles. The Morgan fingerprint density at radius 2 is 1.82 bits per heavy atom. The molecule has 0 saturated heterocycles. The Bertz CT molecular complexity index is 861. The van der Waals surface area contributed by atoms with Gasteiger partial charge in [-0.3, -0.25) is 0 Å². The standard InChI is InChI=1S/C19H15ClN2/c1-3-4-5-14-6-11-17-18(12-14)22-19(13(2)21-17)15-7-9-16(20)10-8-15/h1,6-12H,4-5H2,2H3. The van der Waals surface area contributed by atoms with Crippen LogP contribution in [0.1, 0.15) is 17.7 Å². The largest absolute Gasteiger partial charge is 0.249 e. The number of hydrogen-bond acceptors (Lipinski definition) is 2. The van der Waals surface area contributed by atoms with Crippen LogP contribution in [0.2, 0.25) is 5.02 Å². The van der Waals surface area contributed by atoms with Crippen LogP contribution in [0.4, 0.5) is 0 Å². The smallest absolute Gasteiger partial charge is 0.0922 e. The highest BCUT2D eigenvalue weighted by molar-refractivity contribution is 6.30. The van der Waals surface area contributed by atoms with Crippen LogP contribution in [-0.4, -0.2) is 9.97 Å². The first-order chi connectivity index (χ1) is 10.7. The first-order valence-corrected chi connectivity index (χ1v) is 7.52. The van der Waals surface area contributed by atoms with Gasteiger partial charge in [-0.1, -0.05) is 29.8 Å². The Hall–Kier alpha value is -2.37. The van der Waals surface area contributed by atoms with Gasteiger partial charge in [0.05, 0.1) is 22.4 Å². The van der Waals surface area contributed by atoms with E-state index in [1.165, 1.54) is 5.56 Å². The van der Waals surface area contributed by atoms with Crippen molar-refractivity contribution in [2.45, 2.75) is 19.8 Å². The summed E-state index contributed by atoms with van der Waals surface area (Å²) in [6, 6.07) is 13.8. The van der Waals surface area contributed by atoms with Crippen molar-refractivity contribution >= 4 is 22.6 Å². The number of nitrogens with zero attached hydrogens (tertiary/aromatic N) is 2. The molecule has 22 heavy (non-hydrogen) atoms. The van der Waals surface area contributed by atoms with E-state index in [1.807, 2.05) is 37.3 Å². The van der Waals surface area contributed by atoms with Gasteiger partial charge in [0, 0.05) is 17.0 Å². The maximum atomic E-state index is 5.95. The van der Waals surface area contributed by atoms with Crippen molar-refractivity contribution in [1.29, 1.82) is 0 Å². The minimum atomic E-state index is 0.715. The fraction of sp³-hybridized carbons (Fsp3) is 0.158. The van der Waals surface area contributed by atoms with Crippen molar-refractivity contribution in [3.05, 3.63) is 58.7 Å². The second kappa shape index (κ2) is 6.17. The summed E-state index contributed by atoms with van der Waals surface area (Å²) in [6.45, 7) is 1.97. The molecule has 0 radical (unpaired) electrons. The van der Waals surface area contributed by atoms with Gasteiger partial charge in [0.1, 0.15) is 0 Å². The monoisotopic (exact) mass is 306 g/mol. The van der Waals surface area contributed by atoms with Crippen LogP contribution in [0.3, 0.4) is 0 Å². The Morgan fingerprint density at radius 1 is 1.05 bits per heavy atom. The SMILES string of the molecule is C#CCCc1ccc2nc(C)c(-c3ccc(Cl)cc3)nc2c1. The van der Waals surface area contributed by atoms with E-state index in [2.05, 4.69) is 23.0 Å². The normalized spacial score (nSPS) is 10.6. The quantitative estimate of drug-likeness (QED) is 0.648. The molecule has 1 aromatic heterocycles. The van der Waals surface area contributed by atoms with Gasteiger partial charge in [-0.05, 0) is 43.2 Å². The fourth-order valence-electron chi connectivity index (χ4n) is 2.44. The van der Waals surface area contributed by atoms with E-state index >= 15 is 0 Å². The summed E-state index contributed by atoms with van der Waals surface area (Å²) in [5, 5.41) is 0.715. The molecule has 0 aliphatic heterocycles. The van der Waals surface area contributed by atoms with Crippen LogP contribution in [0.15, 0.2) is 42.5 Å². The van der Waals surface area contributed by atoms with Gasteiger partial charge in [0.2, 0.25) is 0 Å². The van der Waals surface area contributed by atoms with E-state index < -0.39 is 0 Å². The maximum Gasteiger partial charge on any atom is 0.0922 e. The molecular formula is C19H15ClN2. The number of hydrogen-bond donors (Lipinski definition) is 0. The minimum Gasteiger partial charge on any atom is -0.249 e. The summed E-state index contributed by atoms with van der Waals surface area (Å²) in [7, 11) is 0. The second-order valence-corrected chi connectivity index (χ2v) is 5.63. The van der Waals surface area contributed by atoms with Crippen molar-refractivity contribution in [2.24, 2.45) is 0 Å². The predicted octanol–water partition coefficient (Wildman–Crippen LogP) is 4.82. The van der Waals surface area contributed by atoms with E-state index in [9.17, 15) is 0 Å². The molecule has 0 spiro atoms. The van der Waals surface area contributed by atoms with Crippen LogP contribution in [0, 0.1) is 19.3 Å². The van der Waals surface area contributed by atoms with Crippen molar-refractivity contribution in [2.75, 3.05) is 0 Å². The molecule has 1 heterocycles. The highest BCUT2D eigenvalue weighted by Gasteiger charge is 2.08. The Balaban J connectivity index is 2.09. The van der Waals surface area contributed by atoms with E-state index in [-0.39, 0.29) is 0 Å². The summed E-state index contributed by atoms with van der Waals surface area (Å²) < 4.78 is 0. The van der Waals surface area contributed by atoms with Gasteiger partial charge in [-0.2, -0.15) is 0 Å².